The van der Waals surface area contributed by atoms with E-state index in [-0.39, 0.29) is 23.7 Å². The molecule has 2 aliphatic rings. The van der Waals surface area contributed by atoms with E-state index in [0.717, 1.165) is 50.0 Å². The van der Waals surface area contributed by atoms with Crippen LogP contribution in [0.5, 0.6) is 0 Å². The average Bonchev–Trinajstić information content (AvgIpc) is 3.12. The van der Waals surface area contributed by atoms with Crippen molar-refractivity contribution >= 4 is 23.2 Å². The Morgan fingerprint density at radius 3 is 2.27 bits per heavy atom. The lowest BCUT2D eigenvalue weighted by Gasteiger charge is -2.30. The number of benzene rings is 2. The van der Waals surface area contributed by atoms with Gasteiger partial charge in [-0.3, -0.25) is 9.59 Å². The molecule has 0 spiro atoms. The van der Waals surface area contributed by atoms with E-state index in [1.807, 2.05) is 53.4 Å². The van der Waals surface area contributed by atoms with Crippen molar-refractivity contribution in [1.82, 2.24) is 0 Å². The van der Waals surface area contributed by atoms with Crippen molar-refractivity contribution in [1.29, 1.82) is 0 Å². The van der Waals surface area contributed by atoms with Crippen LogP contribution in [0.3, 0.4) is 0 Å². The van der Waals surface area contributed by atoms with Gasteiger partial charge >= 0.3 is 0 Å². The first-order valence-electron chi connectivity index (χ1n) is 9.47. The third-order valence-corrected chi connectivity index (χ3v) is 5.64. The number of carbonyl (C=O) groups is 2. The molecule has 4 rings (SSSR count). The molecule has 1 fully saturated rings. The van der Waals surface area contributed by atoms with Gasteiger partial charge in [0, 0.05) is 29.8 Å². The molecule has 0 unspecified atom stereocenters. The lowest BCUT2D eigenvalue weighted by Crippen LogP contribution is -2.38. The van der Waals surface area contributed by atoms with Gasteiger partial charge in [0.05, 0.1) is 0 Å². The Morgan fingerprint density at radius 1 is 0.846 bits per heavy atom. The smallest absolute Gasteiger partial charge is 0.230 e. The molecule has 0 atom stereocenters. The van der Waals surface area contributed by atoms with Gasteiger partial charge in [-0.15, -0.1) is 0 Å². The molecule has 0 bridgehead atoms. The van der Waals surface area contributed by atoms with Crippen molar-refractivity contribution in [2.45, 2.75) is 32.1 Å². The zero-order chi connectivity index (χ0) is 17.9. The number of hydrogen-bond acceptors (Lipinski definition) is 2. The molecule has 0 aromatic heterocycles. The highest BCUT2D eigenvalue weighted by atomic mass is 16.2. The molecule has 0 radical (unpaired) electrons. The minimum absolute atomic E-state index is 0.00474. The van der Waals surface area contributed by atoms with E-state index in [1.54, 1.807) is 0 Å². The number of anilines is 2. The summed E-state index contributed by atoms with van der Waals surface area (Å²) in [4.78, 5) is 27.4. The Kier molecular flexibility index (Phi) is 4.74. The molecule has 134 valence electrons. The van der Waals surface area contributed by atoms with E-state index in [9.17, 15) is 9.59 Å². The molecule has 2 aromatic rings. The number of fused-ring (bicyclic) bond motifs is 1. The first kappa shape index (κ1) is 16.8. The van der Waals surface area contributed by atoms with Gasteiger partial charge in [-0.25, -0.2) is 0 Å². The second-order valence-corrected chi connectivity index (χ2v) is 7.27. The van der Waals surface area contributed by atoms with Gasteiger partial charge in [-0.05, 0) is 55.9 Å². The summed E-state index contributed by atoms with van der Waals surface area (Å²) in [6, 6.07) is 17.7. The Bertz CT molecular complexity index is 795. The predicted octanol–water partition coefficient (Wildman–Crippen LogP) is 4.02. The largest absolute Gasteiger partial charge is 0.326 e. The fourth-order valence-electron chi connectivity index (χ4n) is 4.16. The standard InChI is InChI=1S/C22H24N2O2/c25-21(23-19-7-2-1-3-8-19)17-10-12-18(13-11-17)22(26)24-15-14-16-6-4-5-9-20(16)24/h1-9,17-18H,10-15H2,(H,23,25). The molecule has 1 saturated carbocycles. The third-order valence-electron chi connectivity index (χ3n) is 5.64. The first-order valence-corrected chi connectivity index (χ1v) is 9.47. The predicted molar refractivity (Wildman–Crippen MR) is 103 cm³/mol. The summed E-state index contributed by atoms with van der Waals surface area (Å²) >= 11 is 0. The highest BCUT2D eigenvalue weighted by molar-refractivity contribution is 5.97. The summed E-state index contributed by atoms with van der Waals surface area (Å²) in [7, 11) is 0. The van der Waals surface area contributed by atoms with Crippen LogP contribution in [-0.4, -0.2) is 18.4 Å². The van der Waals surface area contributed by atoms with Crippen LogP contribution in [0.2, 0.25) is 0 Å². The topological polar surface area (TPSA) is 49.4 Å². The Labute approximate surface area is 154 Å². The van der Waals surface area contributed by atoms with Crippen LogP contribution in [0.1, 0.15) is 31.2 Å². The van der Waals surface area contributed by atoms with E-state index >= 15 is 0 Å². The minimum Gasteiger partial charge on any atom is -0.326 e. The molecule has 2 amide bonds. The molecule has 1 N–H and O–H groups in total. The van der Waals surface area contributed by atoms with Crippen molar-refractivity contribution in [2.75, 3.05) is 16.8 Å². The van der Waals surface area contributed by atoms with Gasteiger partial charge in [-0.1, -0.05) is 36.4 Å². The van der Waals surface area contributed by atoms with Crippen LogP contribution in [0.4, 0.5) is 11.4 Å². The minimum atomic E-state index is 0.00474. The van der Waals surface area contributed by atoms with Crippen LogP contribution >= 0.6 is 0 Å². The Hall–Kier alpha value is -2.62. The van der Waals surface area contributed by atoms with Crippen LogP contribution < -0.4 is 10.2 Å². The van der Waals surface area contributed by atoms with Crippen LogP contribution in [-0.2, 0) is 16.0 Å². The number of rotatable bonds is 3. The van der Waals surface area contributed by atoms with Gasteiger partial charge in [0.15, 0.2) is 0 Å². The summed E-state index contributed by atoms with van der Waals surface area (Å²) in [6.45, 7) is 0.784. The van der Waals surface area contributed by atoms with Crippen molar-refractivity contribution in [3.63, 3.8) is 0 Å². The van der Waals surface area contributed by atoms with Gasteiger partial charge in [0.1, 0.15) is 0 Å². The van der Waals surface area contributed by atoms with Gasteiger partial charge < -0.3 is 10.2 Å². The molecule has 1 aliphatic heterocycles. The SMILES string of the molecule is O=C(Nc1ccccc1)C1CCC(C(=O)N2CCc3ccccc32)CC1. The van der Waals surface area contributed by atoms with E-state index in [0.29, 0.717) is 0 Å². The van der Waals surface area contributed by atoms with Crippen molar-refractivity contribution < 1.29 is 9.59 Å². The molecule has 4 heteroatoms. The average molecular weight is 348 g/mol. The quantitative estimate of drug-likeness (QED) is 0.911. The molecule has 1 aliphatic carbocycles. The van der Waals surface area contributed by atoms with E-state index in [1.165, 1.54) is 5.56 Å². The number of hydrogen-bond donors (Lipinski definition) is 1. The summed E-state index contributed by atoms with van der Waals surface area (Å²) in [5.41, 5.74) is 3.17. The van der Waals surface area contributed by atoms with Crippen molar-refractivity contribution in [2.24, 2.45) is 11.8 Å². The molecule has 1 heterocycles. The summed E-state index contributed by atoms with van der Waals surface area (Å²) in [5, 5.41) is 2.99. The zero-order valence-corrected chi connectivity index (χ0v) is 14.9. The molecular weight excluding hydrogens is 324 g/mol. The maximum absolute atomic E-state index is 13.0. The lowest BCUT2D eigenvalue weighted by molar-refractivity contribution is -0.126. The molecule has 26 heavy (non-hydrogen) atoms. The van der Waals surface area contributed by atoms with E-state index < -0.39 is 0 Å². The second kappa shape index (κ2) is 7.32. The number of nitrogens with one attached hydrogen (secondary N) is 1. The molecule has 4 nitrogen and oxygen atoms in total. The summed E-state index contributed by atoms with van der Waals surface area (Å²) < 4.78 is 0. The van der Waals surface area contributed by atoms with E-state index in [4.69, 9.17) is 0 Å². The van der Waals surface area contributed by atoms with Crippen LogP contribution in [0.25, 0.3) is 0 Å². The maximum atomic E-state index is 13.0. The van der Waals surface area contributed by atoms with Crippen LogP contribution in [0.15, 0.2) is 54.6 Å². The second-order valence-electron chi connectivity index (χ2n) is 7.27. The normalized spacial score (nSPS) is 21.9. The van der Waals surface area contributed by atoms with Crippen molar-refractivity contribution in [3.05, 3.63) is 60.2 Å². The summed E-state index contributed by atoms with van der Waals surface area (Å²) in [6.07, 6.45) is 4.10. The number of para-hydroxylation sites is 2. The summed E-state index contributed by atoms with van der Waals surface area (Å²) in [5.74, 6) is 0.359. The van der Waals surface area contributed by atoms with E-state index in [2.05, 4.69) is 11.4 Å². The highest BCUT2D eigenvalue weighted by Crippen LogP contribution is 2.34. The Balaban J connectivity index is 1.34. The lowest BCUT2D eigenvalue weighted by atomic mass is 9.81. The van der Waals surface area contributed by atoms with Crippen molar-refractivity contribution in [3.8, 4) is 0 Å². The molecular formula is C22H24N2O2. The third kappa shape index (κ3) is 3.36. The number of amides is 2. The maximum Gasteiger partial charge on any atom is 0.230 e. The fraction of sp³-hybridized carbons (Fsp3) is 0.364. The number of nitrogens with zero attached hydrogens (tertiary/aromatic N) is 1. The van der Waals surface area contributed by atoms with Gasteiger partial charge in [-0.2, -0.15) is 0 Å². The Morgan fingerprint density at radius 2 is 1.50 bits per heavy atom. The molecule has 0 saturated heterocycles. The van der Waals surface area contributed by atoms with Gasteiger partial charge in [0.25, 0.3) is 0 Å². The monoisotopic (exact) mass is 348 g/mol. The molecule has 2 aromatic carbocycles. The van der Waals surface area contributed by atoms with Crippen LogP contribution in [0, 0.1) is 11.8 Å². The highest BCUT2D eigenvalue weighted by Gasteiger charge is 2.34. The first-order chi connectivity index (χ1) is 12.7. The number of carbonyl (C=O) groups excluding carboxylic acids is 2. The zero-order valence-electron chi connectivity index (χ0n) is 14.9. The van der Waals surface area contributed by atoms with Gasteiger partial charge in [0.2, 0.25) is 11.8 Å². The fourth-order valence-corrected chi connectivity index (χ4v) is 4.16.